The molecule has 28 heavy (non-hydrogen) atoms. The molecule has 0 unspecified atom stereocenters. The molecule has 0 aliphatic carbocycles. The fourth-order valence-corrected chi connectivity index (χ4v) is 6.20. The van der Waals surface area contributed by atoms with Crippen molar-refractivity contribution in [2.24, 2.45) is 0 Å². The van der Waals surface area contributed by atoms with Crippen LogP contribution in [0, 0.1) is 6.92 Å². The zero-order valence-electron chi connectivity index (χ0n) is 15.8. The van der Waals surface area contributed by atoms with E-state index < -0.39 is 10.0 Å². The molecule has 7 nitrogen and oxygen atoms in total. The fraction of sp³-hybridized carbons (Fsp3) is 0.368. The Kier molecular flexibility index (Phi) is 5.22. The van der Waals surface area contributed by atoms with E-state index in [0.717, 1.165) is 10.6 Å². The predicted molar refractivity (Wildman–Crippen MR) is 109 cm³/mol. The molecule has 3 aromatic rings. The van der Waals surface area contributed by atoms with Gasteiger partial charge in [-0.3, -0.25) is 0 Å². The Morgan fingerprint density at radius 1 is 1.14 bits per heavy atom. The highest BCUT2D eigenvalue weighted by Gasteiger charge is 2.31. The van der Waals surface area contributed by atoms with E-state index >= 15 is 0 Å². The van der Waals surface area contributed by atoms with Gasteiger partial charge in [0, 0.05) is 43.2 Å². The van der Waals surface area contributed by atoms with Crippen LogP contribution < -0.4 is 4.90 Å². The van der Waals surface area contributed by atoms with Crippen molar-refractivity contribution >= 4 is 27.0 Å². The lowest BCUT2D eigenvalue weighted by Crippen LogP contribution is -2.48. The minimum atomic E-state index is -3.55. The maximum absolute atomic E-state index is 13.2. The van der Waals surface area contributed by atoms with Crippen molar-refractivity contribution in [2.45, 2.75) is 25.2 Å². The first-order valence-electron chi connectivity index (χ1n) is 9.22. The number of para-hydroxylation sites is 1. The summed E-state index contributed by atoms with van der Waals surface area (Å²) in [5, 5.41) is 3.96. The molecule has 1 aromatic carbocycles. The van der Waals surface area contributed by atoms with Crippen LogP contribution in [0.2, 0.25) is 0 Å². The Bertz CT molecular complexity index is 1050. The van der Waals surface area contributed by atoms with Crippen LogP contribution in [-0.4, -0.2) is 49.0 Å². The van der Waals surface area contributed by atoms with Gasteiger partial charge in [-0.05, 0) is 25.1 Å². The van der Waals surface area contributed by atoms with E-state index in [1.54, 1.807) is 10.4 Å². The molecule has 3 heterocycles. The van der Waals surface area contributed by atoms with Crippen molar-refractivity contribution in [1.29, 1.82) is 0 Å². The standard InChI is InChI=1S/C19H22N4O3S2/c1-3-18-20-19(21-26-18)16-13-17(14(2)27-16)28(24,25)23-11-9-22(10-12-23)15-7-5-4-6-8-15/h4-8,13H,3,9-12H2,1-2H3. The van der Waals surface area contributed by atoms with E-state index in [4.69, 9.17) is 4.52 Å². The van der Waals surface area contributed by atoms with Crippen LogP contribution in [0.1, 0.15) is 17.7 Å². The first-order valence-corrected chi connectivity index (χ1v) is 11.5. The smallest absolute Gasteiger partial charge is 0.244 e. The highest BCUT2D eigenvalue weighted by Crippen LogP contribution is 2.34. The summed E-state index contributed by atoms with van der Waals surface area (Å²) < 4.78 is 33.1. The van der Waals surface area contributed by atoms with Gasteiger partial charge in [0.25, 0.3) is 0 Å². The van der Waals surface area contributed by atoms with Gasteiger partial charge in [-0.25, -0.2) is 8.42 Å². The second-order valence-corrected chi connectivity index (χ2v) is 9.79. The van der Waals surface area contributed by atoms with Crippen LogP contribution >= 0.6 is 11.3 Å². The SMILES string of the molecule is CCc1nc(-c2cc(S(=O)(=O)N3CCN(c4ccccc4)CC3)c(C)s2)no1. The molecule has 1 aliphatic heterocycles. The van der Waals surface area contributed by atoms with E-state index in [-0.39, 0.29) is 0 Å². The van der Waals surface area contributed by atoms with E-state index in [2.05, 4.69) is 27.2 Å². The largest absolute Gasteiger partial charge is 0.369 e. The maximum Gasteiger partial charge on any atom is 0.244 e. The van der Waals surface area contributed by atoms with Crippen LogP contribution in [0.3, 0.4) is 0 Å². The summed E-state index contributed by atoms with van der Waals surface area (Å²) in [6, 6.07) is 11.7. The number of piperazine rings is 1. The third-order valence-corrected chi connectivity index (χ3v) is 8.04. The Morgan fingerprint density at radius 2 is 1.86 bits per heavy atom. The van der Waals surface area contributed by atoms with Crippen LogP contribution in [0.4, 0.5) is 5.69 Å². The van der Waals surface area contributed by atoms with E-state index in [9.17, 15) is 8.42 Å². The number of anilines is 1. The first kappa shape index (κ1) is 19.1. The third-order valence-electron chi connectivity index (χ3n) is 4.84. The number of hydrogen-bond acceptors (Lipinski definition) is 7. The molecule has 9 heteroatoms. The average molecular weight is 419 g/mol. The molecular formula is C19H22N4O3S2. The van der Waals surface area contributed by atoms with Crippen molar-refractivity contribution in [1.82, 2.24) is 14.4 Å². The monoisotopic (exact) mass is 418 g/mol. The minimum Gasteiger partial charge on any atom is -0.369 e. The fourth-order valence-electron chi connectivity index (χ4n) is 3.29. The normalized spacial score (nSPS) is 15.9. The van der Waals surface area contributed by atoms with Gasteiger partial charge in [0.1, 0.15) is 0 Å². The van der Waals surface area contributed by atoms with Gasteiger partial charge in [-0.15, -0.1) is 11.3 Å². The van der Waals surface area contributed by atoms with Crippen LogP contribution in [0.15, 0.2) is 45.8 Å². The molecule has 4 rings (SSSR count). The summed E-state index contributed by atoms with van der Waals surface area (Å²) in [5.74, 6) is 0.989. The Balaban J connectivity index is 1.53. The van der Waals surface area contributed by atoms with Gasteiger partial charge in [0.2, 0.25) is 21.7 Å². The summed E-state index contributed by atoms with van der Waals surface area (Å²) in [5.41, 5.74) is 1.12. The molecule has 0 bridgehead atoms. The number of rotatable bonds is 5. The van der Waals surface area contributed by atoms with E-state index in [1.807, 2.05) is 32.0 Å². The number of aryl methyl sites for hydroxylation is 2. The maximum atomic E-state index is 13.2. The van der Waals surface area contributed by atoms with Crippen LogP contribution in [-0.2, 0) is 16.4 Å². The van der Waals surface area contributed by atoms with Gasteiger partial charge >= 0.3 is 0 Å². The topological polar surface area (TPSA) is 79.5 Å². The zero-order valence-corrected chi connectivity index (χ0v) is 17.5. The predicted octanol–water partition coefficient (Wildman–Crippen LogP) is 3.18. The van der Waals surface area contributed by atoms with E-state index in [1.165, 1.54) is 11.3 Å². The van der Waals surface area contributed by atoms with Crippen molar-refractivity contribution < 1.29 is 12.9 Å². The van der Waals surface area contributed by atoms with Gasteiger partial charge in [0.05, 0.1) is 9.77 Å². The molecule has 148 valence electrons. The number of sulfonamides is 1. The third kappa shape index (κ3) is 3.57. The number of hydrogen-bond donors (Lipinski definition) is 0. The minimum absolute atomic E-state index is 0.337. The van der Waals surface area contributed by atoms with Crippen molar-refractivity contribution in [2.75, 3.05) is 31.1 Å². The lowest BCUT2D eigenvalue weighted by Gasteiger charge is -2.35. The molecule has 0 radical (unpaired) electrons. The highest BCUT2D eigenvalue weighted by molar-refractivity contribution is 7.89. The lowest BCUT2D eigenvalue weighted by molar-refractivity contribution is 0.382. The van der Waals surface area contributed by atoms with Gasteiger partial charge in [-0.1, -0.05) is 30.3 Å². The van der Waals surface area contributed by atoms with Crippen LogP contribution in [0.5, 0.6) is 0 Å². The Hall–Kier alpha value is -2.23. The molecule has 0 amide bonds. The molecule has 0 saturated carbocycles. The Morgan fingerprint density at radius 3 is 2.50 bits per heavy atom. The molecular weight excluding hydrogens is 396 g/mol. The molecule has 0 atom stereocenters. The first-order chi connectivity index (χ1) is 13.5. The van der Waals surface area contributed by atoms with Crippen molar-refractivity contribution in [3.63, 3.8) is 0 Å². The van der Waals surface area contributed by atoms with E-state index in [0.29, 0.717) is 54.1 Å². The second-order valence-electron chi connectivity index (χ2n) is 6.62. The summed E-state index contributed by atoms with van der Waals surface area (Å²) in [4.78, 5) is 8.31. The quantitative estimate of drug-likeness (QED) is 0.633. The zero-order chi connectivity index (χ0) is 19.7. The molecule has 2 aromatic heterocycles. The highest BCUT2D eigenvalue weighted by atomic mass is 32.2. The molecule has 1 saturated heterocycles. The summed E-state index contributed by atoms with van der Waals surface area (Å²) >= 11 is 1.38. The van der Waals surface area contributed by atoms with Crippen molar-refractivity contribution in [3.8, 4) is 10.7 Å². The number of aromatic nitrogens is 2. The number of thiophene rings is 1. The summed E-state index contributed by atoms with van der Waals surface area (Å²) in [7, 11) is -3.55. The summed E-state index contributed by atoms with van der Waals surface area (Å²) in [6.07, 6.45) is 0.647. The average Bonchev–Trinajstić information content (AvgIpc) is 3.35. The second kappa shape index (κ2) is 7.65. The van der Waals surface area contributed by atoms with Gasteiger partial charge in [-0.2, -0.15) is 9.29 Å². The van der Waals surface area contributed by atoms with Gasteiger partial charge < -0.3 is 9.42 Å². The number of nitrogens with zero attached hydrogens (tertiary/aromatic N) is 4. The molecule has 0 N–H and O–H groups in total. The van der Waals surface area contributed by atoms with Gasteiger partial charge in [0.15, 0.2) is 0 Å². The van der Waals surface area contributed by atoms with Crippen molar-refractivity contribution in [3.05, 3.63) is 47.2 Å². The number of benzene rings is 1. The van der Waals surface area contributed by atoms with Crippen LogP contribution in [0.25, 0.3) is 10.7 Å². The molecule has 1 fully saturated rings. The lowest BCUT2D eigenvalue weighted by atomic mass is 10.2. The molecule has 1 aliphatic rings. The summed E-state index contributed by atoms with van der Waals surface area (Å²) in [6.45, 7) is 6.02. The Labute approximate surface area is 168 Å². The molecule has 0 spiro atoms.